The molecule has 2 N–H and O–H groups in total. The molecule has 0 bridgehead atoms. The number of carboxylic acids is 1. The van der Waals surface area contributed by atoms with Crippen LogP contribution in [0.15, 0.2) is 24.3 Å². The number of rotatable bonds is 4. The van der Waals surface area contributed by atoms with Crippen LogP contribution in [0.1, 0.15) is 31.1 Å². The summed E-state index contributed by atoms with van der Waals surface area (Å²) in [6, 6.07) is 6.79. The smallest absolute Gasteiger partial charge is 0.345 e. The van der Waals surface area contributed by atoms with Gasteiger partial charge in [-0.15, -0.1) is 22.7 Å². The van der Waals surface area contributed by atoms with Crippen LogP contribution < -0.4 is 5.32 Å². The van der Waals surface area contributed by atoms with Gasteiger partial charge in [0, 0.05) is 4.88 Å². The highest BCUT2D eigenvalue weighted by atomic mass is 32.1. The summed E-state index contributed by atoms with van der Waals surface area (Å²) in [5.41, 5.74) is 0. The van der Waals surface area contributed by atoms with Gasteiger partial charge in [-0.05, 0) is 30.7 Å². The molecular weight excluding hydrogens is 270 g/mol. The van der Waals surface area contributed by atoms with Crippen molar-refractivity contribution in [2.45, 2.75) is 13.3 Å². The van der Waals surface area contributed by atoms with Gasteiger partial charge < -0.3 is 10.4 Å². The second-order valence-electron chi connectivity index (χ2n) is 3.54. The second-order valence-corrected chi connectivity index (χ2v) is 5.79. The molecule has 0 aliphatic heterocycles. The number of amides is 1. The van der Waals surface area contributed by atoms with E-state index in [2.05, 4.69) is 5.32 Å². The van der Waals surface area contributed by atoms with E-state index in [9.17, 15) is 9.59 Å². The van der Waals surface area contributed by atoms with E-state index in [1.807, 2.05) is 13.0 Å². The van der Waals surface area contributed by atoms with Crippen LogP contribution in [0.25, 0.3) is 0 Å². The fourth-order valence-corrected chi connectivity index (χ4v) is 2.97. The van der Waals surface area contributed by atoms with Crippen molar-refractivity contribution in [3.05, 3.63) is 38.9 Å². The molecule has 0 fully saturated rings. The molecule has 0 aliphatic carbocycles. The van der Waals surface area contributed by atoms with Gasteiger partial charge in [0.2, 0.25) is 0 Å². The number of carboxylic acid groups (broad SMARTS) is 1. The predicted molar refractivity (Wildman–Crippen MR) is 72.9 cm³/mol. The van der Waals surface area contributed by atoms with Crippen LogP contribution in [0.3, 0.4) is 0 Å². The van der Waals surface area contributed by atoms with Crippen molar-refractivity contribution in [3.63, 3.8) is 0 Å². The van der Waals surface area contributed by atoms with Gasteiger partial charge in [0.15, 0.2) is 0 Å². The lowest BCUT2D eigenvalue weighted by molar-refractivity contribution is 0.0702. The number of aromatic carboxylic acids is 1. The van der Waals surface area contributed by atoms with Crippen LogP contribution in [-0.2, 0) is 6.42 Å². The minimum absolute atomic E-state index is 0.196. The fourth-order valence-electron chi connectivity index (χ4n) is 1.38. The molecular formula is C12H11NO3S2. The third kappa shape index (κ3) is 2.77. The maximum atomic E-state index is 11.9. The van der Waals surface area contributed by atoms with Gasteiger partial charge in [-0.3, -0.25) is 4.79 Å². The number of carbonyl (C=O) groups excluding carboxylic acids is 1. The monoisotopic (exact) mass is 281 g/mol. The molecule has 6 heteroatoms. The van der Waals surface area contributed by atoms with Gasteiger partial charge in [-0.1, -0.05) is 6.92 Å². The van der Waals surface area contributed by atoms with Crippen LogP contribution in [0.5, 0.6) is 0 Å². The zero-order chi connectivity index (χ0) is 13.1. The molecule has 2 heterocycles. The molecule has 0 saturated heterocycles. The summed E-state index contributed by atoms with van der Waals surface area (Å²) in [6.45, 7) is 2.03. The summed E-state index contributed by atoms with van der Waals surface area (Å²) in [4.78, 5) is 24.6. The summed E-state index contributed by atoms with van der Waals surface area (Å²) in [5.74, 6) is -1.18. The van der Waals surface area contributed by atoms with E-state index in [1.165, 1.54) is 17.4 Å². The van der Waals surface area contributed by atoms with E-state index < -0.39 is 5.97 Å². The SMILES string of the molecule is CCc1ccc(C(=O)Nc2ccc(C(=O)O)s2)s1. The first-order valence-corrected chi connectivity index (χ1v) is 6.96. The minimum Gasteiger partial charge on any atom is -0.477 e. The summed E-state index contributed by atoms with van der Waals surface area (Å²) >= 11 is 2.50. The maximum Gasteiger partial charge on any atom is 0.345 e. The molecule has 0 spiro atoms. The fraction of sp³-hybridized carbons (Fsp3) is 0.167. The maximum absolute atomic E-state index is 11.9. The largest absolute Gasteiger partial charge is 0.477 e. The van der Waals surface area contributed by atoms with E-state index in [0.717, 1.165) is 22.6 Å². The number of hydrogen-bond acceptors (Lipinski definition) is 4. The molecule has 94 valence electrons. The van der Waals surface area contributed by atoms with Crippen molar-refractivity contribution in [2.75, 3.05) is 5.32 Å². The van der Waals surface area contributed by atoms with E-state index in [-0.39, 0.29) is 10.8 Å². The first-order valence-electron chi connectivity index (χ1n) is 5.33. The van der Waals surface area contributed by atoms with E-state index in [0.29, 0.717) is 9.88 Å². The van der Waals surface area contributed by atoms with Crippen LogP contribution in [0.4, 0.5) is 5.00 Å². The number of thiophene rings is 2. The van der Waals surface area contributed by atoms with Crippen molar-refractivity contribution in [3.8, 4) is 0 Å². The normalized spacial score (nSPS) is 10.3. The Labute approximate surface area is 112 Å². The Morgan fingerprint density at radius 1 is 1.17 bits per heavy atom. The molecule has 18 heavy (non-hydrogen) atoms. The van der Waals surface area contributed by atoms with Crippen LogP contribution in [0, 0.1) is 0 Å². The van der Waals surface area contributed by atoms with Gasteiger partial charge in [-0.25, -0.2) is 4.79 Å². The molecule has 2 rings (SSSR count). The van der Waals surface area contributed by atoms with Gasteiger partial charge in [0.05, 0.1) is 9.88 Å². The Bertz CT molecular complexity index is 586. The number of nitrogens with one attached hydrogen (secondary N) is 1. The first kappa shape index (κ1) is 12.8. The van der Waals surface area contributed by atoms with Crippen LogP contribution in [0.2, 0.25) is 0 Å². The molecule has 0 saturated carbocycles. The van der Waals surface area contributed by atoms with Gasteiger partial charge in [0.25, 0.3) is 5.91 Å². The quantitative estimate of drug-likeness (QED) is 0.903. The lowest BCUT2D eigenvalue weighted by Crippen LogP contribution is -2.08. The Morgan fingerprint density at radius 2 is 1.89 bits per heavy atom. The van der Waals surface area contributed by atoms with Gasteiger partial charge in [-0.2, -0.15) is 0 Å². The summed E-state index contributed by atoms with van der Waals surface area (Å²) in [6.07, 6.45) is 0.903. The van der Waals surface area contributed by atoms with E-state index >= 15 is 0 Å². The van der Waals surface area contributed by atoms with Gasteiger partial charge in [0.1, 0.15) is 4.88 Å². The lowest BCUT2D eigenvalue weighted by atomic mass is 10.3. The number of aryl methyl sites for hydroxylation is 1. The van der Waals surface area contributed by atoms with Crippen molar-refractivity contribution in [1.82, 2.24) is 0 Å². The third-order valence-electron chi connectivity index (χ3n) is 2.29. The molecule has 0 radical (unpaired) electrons. The molecule has 1 amide bonds. The lowest BCUT2D eigenvalue weighted by Gasteiger charge is -1.98. The van der Waals surface area contributed by atoms with Crippen LogP contribution >= 0.6 is 22.7 Å². The third-order valence-corrected chi connectivity index (χ3v) is 4.50. The Morgan fingerprint density at radius 3 is 2.44 bits per heavy atom. The van der Waals surface area contributed by atoms with Gasteiger partial charge >= 0.3 is 5.97 Å². The van der Waals surface area contributed by atoms with Crippen molar-refractivity contribution < 1.29 is 14.7 Å². The molecule has 2 aromatic heterocycles. The average Bonchev–Trinajstić information content (AvgIpc) is 2.96. The summed E-state index contributed by atoms with van der Waals surface area (Å²) < 4.78 is 0. The molecule has 4 nitrogen and oxygen atoms in total. The standard InChI is InChI=1S/C12H11NO3S2/c1-2-7-3-4-8(17-7)11(14)13-10-6-5-9(18-10)12(15)16/h3-6H,2H2,1H3,(H,13,14)(H,15,16). The second kappa shape index (κ2) is 5.32. The topological polar surface area (TPSA) is 66.4 Å². The van der Waals surface area contributed by atoms with Crippen molar-refractivity contribution in [2.24, 2.45) is 0 Å². The van der Waals surface area contributed by atoms with E-state index in [1.54, 1.807) is 12.1 Å². The van der Waals surface area contributed by atoms with Crippen LogP contribution in [-0.4, -0.2) is 17.0 Å². The summed E-state index contributed by atoms with van der Waals surface area (Å²) in [7, 11) is 0. The number of anilines is 1. The number of hydrogen-bond donors (Lipinski definition) is 2. The average molecular weight is 281 g/mol. The predicted octanol–water partition coefficient (Wildman–Crippen LogP) is 3.32. The highest BCUT2D eigenvalue weighted by Gasteiger charge is 2.12. The molecule has 0 atom stereocenters. The zero-order valence-corrected chi connectivity index (χ0v) is 11.2. The highest BCUT2D eigenvalue weighted by molar-refractivity contribution is 7.18. The Hall–Kier alpha value is -1.66. The number of carbonyl (C=O) groups is 2. The first-order chi connectivity index (χ1) is 8.60. The summed E-state index contributed by atoms with van der Waals surface area (Å²) in [5, 5.41) is 12.0. The molecule has 2 aromatic rings. The zero-order valence-electron chi connectivity index (χ0n) is 9.60. The molecule has 0 aromatic carbocycles. The molecule has 0 unspecified atom stereocenters. The van der Waals surface area contributed by atoms with Crippen molar-refractivity contribution in [1.29, 1.82) is 0 Å². The Balaban J connectivity index is 2.08. The Kier molecular flexibility index (Phi) is 3.78. The molecule has 0 aliphatic rings. The van der Waals surface area contributed by atoms with Crippen molar-refractivity contribution >= 4 is 39.6 Å². The highest BCUT2D eigenvalue weighted by Crippen LogP contribution is 2.24. The minimum atomic E-state index is -0.982. The van der Waals surface area contributed by atoms with E-state index in [4.69, 9.17) is 5.11 Å².